The average molecular weight is 323 g/mol. The molecule has 1 amide bonds. The fourth-order valence-electron chi connectivity index (χ4n) is 3.46. The first-order valence-corrected chi connectivity index (χ1v) is 8.02. The maximum atomic E-state index is 12.8. The Kier molecular flexibility index (Phi) is 3.49. The summed E-state index contributed by atoms with van der Waals surface area (Å²) < 4.78 is 5.48. The molecule has 0 atom stereocenters. The van der Waals surface area contributed by atoms with Crippen LogP contribution in [0, 0.1) is 0 Å². The minimum Gasteiger partial charge on any atom is -0.493 e. The van der Waals surface area contributed by atoms with E-state index in [9.17, 15) is 14.7 Å². The summed E-state index contributed by atoms with van der Waals surface area (Å²) in [7, 11) is 0. The number of rotatable bonds is 2. The lowest BCUT2D eigenvalue weighted by Crippen LogP contribution is -2.36. The number of hydrogen-bond acceptors (Lipinski definition) is 3. The van der Waals surface area contributed by atoms with Gasteiger partial charge in [-0.2, -0.15) is 0 Å². The summed E-state index contributed by atoms with van der Waals surface area (Å²) >= 11 is 0. The lowest BCUT2D eigenvalue weighted by molar-refractivity contribution is 0.0677. The first kappa shape index (κ1) is 14.8. The van der Waals surface area contributed by atoms with Crippen molar-refractivity contribution in [3.8, 4) is 5.75 Å². The van der Waals surface area contributed by atoms with Crippen molar-refractivity contribution in [1.29, 1.82) is 0 Å². The molecule has 0 aromatic heterocycles. The Hall–Kier alpha value is -2.82. The molecule has 5 heteroatoms. The van der Waals surface area contributed by atoms with E-state index in [0.717, 1.165) is 28.9 Å². The Bertz CT molecular complexity index is 843. The van der Waals surface area contributed by atoms with Gasteiger partial charge in [0.15, 0.2) is 0 Å². The number of carbonyl (C=O) groups excluding carboxylic acids is 1. The smallest absolute Gasteiger partial charge is 0.336 e. The lowest BCUT2D eigenvalue weighted by Gasteiger charge is -2.30. The third-order valence-electron chi connectivity index (χ3n) is 4.73. The van der Waals surface area contributed by atoms with Gasteiger partial charge in [0.25, 0.3) is 5.91 Å². The van der Waals surface area contributed by atoms with Gasteiger partial charge in [-0.25, -0.2) is 4.79 Å². The Morgan fingerprint density at radius 3 is 2.79 bits per heavy atom. The van der Waals surface area contributed by atoms with Crippen LogP contribution in [0.4, 0.5) is 0 Å². The van der Waals surface area contributed by atoms with Crippen molar-refractivity contribution in [2.45, 2.75) is 19.4 Å². The number of aromatic carboxylic acids is 1. The molecule has 0 spiro atoms. The van der Waals surface area contributed by atoms with Crippen LogP contribution in [0.15, 0.2) is 36.4 Å². The van der Waals surface area contributed by atoms with Crippen molar-refractivity contribution in [1.82, 2.24) is 4.90 Å². The highest BCUT2D eigenvalue weighted by molar-refractivity contribution is 5.95. The summed E-state index contributed by atoms with van der Waals surface area (Å²) in [4.78, 5) is 26.0. The summed E-state index contributed by atoms with van der Waals surface area (Å²) in [5, 5.41) is 9.37. The standard InChI is InChI=1S/C19H17NO4/c21-18(14-4-5-17-13(10-14)7-9-24-17)20-8-6-12-2-1-3-15(19(22)23)16(12)11-20/h1-5,10H,6-9,11H2,(H,22,23). The number of carboxylic acid groups (broad SMARTS) is 1. The van der Waals surface area contributed by atoms with E-state index in [1.54, 1.807) is 23.1 Å². The minimum absolute atomic E-state index is 0.0597. The van der Waals surface area contributed by atoms with Gasteiger partial charge in [-0.15, -0.1) is 0 Å². The molecule has 0 aliphatic carbocycles. The molecular formula is C19H17NO4. The molecule has 0 bridgehead atoms. The monoisotopic (exact) mass is 323 g/mol. The van der Waals surface area contributed by atoms with Gasteiger partial charge in [-0.05, 0) is 47.4 Å². The topological polar surface area (TPSA) is 66.8 Å². The molecule has 2 heterocycles. The molecule has 0 saturated carbocycles. The summed E-state index contributed by atoms with van der Waals surface area (Å²) in [5.41, 5.74) is 3.74. The van der Waals surface area contributed by atoms with Crippen molar-refractivity contribution in [2.24, 2.45) is 0 Å². The van der Waals surface area contributed by atoms with Crippen LogP contribution in [-0.4, -0.2) is 35.0 Å². The quantitative estimate of drug-likeness (QED) is 0.922. The van der Waals surface area contributed by atoms with Crippen LogP contribution in [0.1, 0.15) is 37.4 Å². The van der Waals surface area contributed by atoms with Gasteiger partial charge >= 0.3 is 5.97 Å². The molecule has 0 radical (unpaired) electrons. The molecule has 0 saturated heterocycles. The van der Waals surface area contributed by atoms with E-state index in [4.69, 9.17) is 4.74 Å². The minimum atomic E-state index is -0.948. The van der Waals surface area contributed by atoms with Crippen LogP contribution in [0.5, 0.6) is 5.75 Å². The van der Waals surface area contributed by atoms with Crippen molar-refractivity contribution < 1.29 is 19.4 Å². The Morgan fingerprint density at radius 2 is 1.96 bits per heavy atom. The summed E-state index contributed by atoms with van der Waals surface area (Å²) in [6.07, 6.45) is 1.50. The van der Waals surface area contributed by atoms with Crippen LogP contribution in [0.25, 0.3) is 0 Å². The van der Waals surface area contributed by atoms with Gasteiger partial charge in [0.2, 0.25) is 0 Å². The van der Waals surface area contributed by atoms with Crippen LogP contribution in [-0.2, 0) is 19.4 Å². The highest BCUT2D eigenvalue weighted by atomic mass is 16.5. The van der Waals surface area contributed by atoms with Crippen LogP contribution < -0.4 is 4.74 Å². The van der Waals surface area contributed by atoms with E-state index in [-0.39, 0.29) is 11.5 Å². The molecule has 4 rings (SSSR count). The van der Waals surface area contributed by atoms with Crippen molar-refractivity contribution >= 4 is 11.9 Å². The summed E-state index contributed by atoms with van der Waals surface area (Å²) in [6.45, 7) is 1.60. The molecule has 2 aromatic rings. The van der Waals surface area contributed by atoms with Gasteiger partial charge in [0.05, 0.1) is 12.2 Å². The fraction of sp³-hybridized carbons (Fsp3) is 0.263. The fourth-order valence-corrected chi connectivity index (χ4v) is 3.46. The van der Waals surface area contributed by atoms with Crippen molar-refractivity contribution in [3.05, 3.63) is 64.2 Å². The zero-order chi connectivity index (χ0) is 16.7. The summed E-state index contributed by atoms with van der Waals surface area (Å²) in [6, 6.07) is 10.8. The second-order valence-corrected chi connectivity index (χ2v) is 6.15. The zero-order valence-corrected chi connectivity index (χ0v) is 13.1. The maximum Gasteiger partial charge on any atom is 0.336 e. The summed E-state index contributed by atoms with van der Waals surface area (Å²) in [5.74, 6) is -0.157. The number of carbonyl (C=O) groups is 2. The molecule has 0 unspecified atom stereocenters. The van der Waals surface area contributed by atoms with E-state index >= 15 is 0 Å². The van der Waals surface area contributed by atoms with E-state index < -0.39 is 5.97 Å². The van der Waals surface area contributed by atoms with E-state index in [0.29, 0.717) is 31.7 Å². The molecule has 24 heavy (non-hydrogen) atoms. The van der Waals surface area contributed by atoms with Crippen LogP contribution in [0.3, 0.4) is 0 Å². The van der Waals surface area contributed by atoms with Crippen molar-refractivity contribution in [2.75, 3.05) is 13.2 Å². The molecular weight excluding hydrogens is 306 g/mol. The number of nitrogens with zero attached hydrogens (tertiary/aromatic N) is 1. The average Bonchev–Trinajstić information content (AvgIpc) is 3.07. The van der Waals surface area contributed by atoms with E-state index in [2.05, 4.69) is 0 Å². The largest absolute Gasteiger partial charge is 0.493 e. The molecule has 2 aliphatic rings. The van der Waals surface area contributed by atoms with Gasteiger partial charge in [-0.1, -0.05) is 12.1 Å². The highest BCUT2D eigenvalue weighted by Crippen LogP contribution is 2.28. The maximum absolute atomic E-state index is 12.8. The Balaban J connectivity index is 1.62. The molecule has 2 aliphatic heterocycles. The number of amides is 1. The van der Waals surface area contributed by atoms with Gasteiger partial charge < -0.3 is 14.7 Å². The van der Waals surface area contributed by atoms with Crippen molar-refractivity contribution in [3.63, 3.8) is 0 Å². The number of carboxylic acids is 1. The van der Waals surface area contributed by atoms with Gasteiger partial charge in [-0.3, -0.25) is 4.79 Å². The third kappa shape index (κ3) is 2.42. The zero-order valence-electron chi connectivity index (χ0n) is 13.1. The molecule has 122 valence electrons. The van der Waals surface area contributed by atoms with Crippen LogP contribution >= 0.6 is 0 Å². The van der Waals surface area contributed by atoms with Gasteiger partial charge in [0, 0.05) is 25.1 Å². The molecule has 2 aromatic carbocycles. The first-order chi connectivity index (χ1) is 11.6. The molecule has 0 fully saturated rings. The number of fused-ring (bicyclic) bond motifs is 2. The second-order valence-electron chi connectivity index (χ2n) is 6.15. The SMILES string of the molecule is O=C(O)c1cccc2c1CN(C(=O)c1ccc3c(c1)CCO3)CC2. The normalized spacial score (nSPS) is 15.4. The number of hydrogen-bond donors (Lipinski definition) is 1. The highest BCUT2D eigenvalue weighted by Gasteiger charge is 2.26. The lowest BCUT2D eigenvalue weighted by atomic mass is 9.94. The Labute approximate surface area is 139 Å². The number of ether oxygens (including phenoxy) is 1. The van der Waals surface area contributed by atoms with E-state index in [1.807, 2.05) is 18.2 Å². The predicted molar refractivity (Wildman–Crippen MR) is 87.5 cm³/mol. The predicted octanol–water partition coefficient (Wildman–Crippen LogP) is 2.52. The third-order valence-corrected chi connectivity index (χ3v) is 4.73. The Morgan fingerprint density at radius 1 is 1.08 bits per heavy atom. The second kappa shape index (κ2) is 5.67. The molecule has 1 N–H and O–H groups in total. The first-order valence-electron chi connectivity index (χ1n) is 8.02. The molecule has 5 nitrogen and oxygen atoms in total. The number of benzene rings is 2. The van der Waals surface area contributed by atoms with Crippen LogP contribution in [0.2, 0.25) is 0 Å². The van der Waals surface area contributed by atoms with E-state index in [1.165, 1.54) is 0 Å². The van der Waals surface area contributed by atoms with Gasteiger partial charge in [0.1, 0.15) is 5.75 Å².